The van der Waals surface area contributed by atoms with Gasteiger partial charge < -0.3 is 20.5 Å². The third-order valence-electron chi connectivity index (χ3n) is 5.22. The first-order valence-corrected chi connectivity index (χ1v) is 9.94. The van der Waals surface area contributed by atoms with E-state index in [0.717, 1.165) is 28.1 Å². The van der Waals surface area contributed by atoms with Gasteiger partial charge in [0.1, 0.15) is 17.5 Å². The summed E-state index contributed by atoms with van der Waals surface area (Å²) in [5.41, 5.74) is 5.19. The Balaban J connectivity index is 1.78. The van der Waals surface area contributed by atoms with Crippen molar-refractivity contribution in [3.8, 4) is 11.5 Å². The molecule has 1 aliphatic heterocycles. The maximum Gasteiger partial charge on any atom is 0.186 e. The summed E-state index contributed by atoms with van der Waals surface area (Å²) in [6.45, 7) is 2.08. The number of phenols is 1. The van der Waals surface area contributed by atoms with Crippen molar-refractivity contribution in [2.24, 2.45) is 0 Å². The number of benzene rings is 3. The summed E-state index contributed by atoms with van der Waals surface area (Å²) in [5.74, 6) is 1.04. The maximum atomic E-state index is 10.5. The van der Waals surface area contributed by atoms with Gasteiger partial charge in [0.05, 0.1) is 12.7 Å². The molecule has 4 N–H and O–H groups in total. The minimum absolute atomic E-state index is 0.00909. The van der Waals surface area contributed by atoms with Crippen LogP contribution in [0.5, 0.6) is 11.5 Å². The molecule has 0 amide bonds. The predicted octanol–water partition coefficient (Wildman–Crippen LogP) is 4.31. The summed E-state index contributed by atoms with van der Waals surface area (Å²) in [4.78, 5) is 0. The fourth-order valence-electron chi connectivity index (χ4n) is 3.63. The van der Waals surface area contributed by atoms with E-state index in [2.05, 4.69) is 47.9 Å². The molecule has 3 aromatic rings. The zero-order chi connectivity index (χ0) is 20.4. The monoisotopic (exact) mass is 407 g/mol. The lowest BCUT2D eigenvalue weighted by molar-refractivity contribution is -0.731. The highest BCUT2D eigenvalue weighted by Crippen LogP contribution is 2.31. The average molecular weight is 408 g/mol. The lowest BCUT2D eigenvalue weighted by Crippen LogP contribution is -2.89. The van der Waals surface area contributed by atoms with Crippen LogP contribution in [0.1, 0.15) is 34.5 Å². The van der Waals surface area contributed by atoms with Crippen LogP contribution >= 0.6 is 11.6 Å². The molecule has 0 aliphatic carbocycles. The predicted molar refractivity (Wildman–Crippen MR) is 116 cm³/mol. The lowest BCUT2D eigenvalue weighted by Gasteiger charge is -2.30. The number of aromatic hydroxyl groups is 1. The normalized spacial score (nSPS) is 18.7. The molecule has 0 saturated carbocycles. The number of quaternary nitrogens is 1. The second-order valence-corrected chi connectivity index (χ2v) is 7.70. The minimum Gasteiger partial charge on any atom is -0.507 e. The largest absolute Gasteiger partial charge is 0.507 e. The van der Waals surface area contributed by atoms with Crippen molar-refractivity contribution in [1.29, 1.82) is 0 Å². The first kappa shape index (κ1) is 19.4. The second-order valence-electron chi connectivity index (χ2n) is 7.27. The SMILES string of the molecule is COc1cccc(C2=CC(c3cc(Cl)ccc3O)[NH2+]C(c3ccc(C)cc3)N2)c1. The topological polar surface area (TPSA) is 58.1 Å². The van der Waals surface area contributed by atoms with Crippen LogP contribution in [0.4, 0.5) is 0 Å². The van der Waals surface area contributed by atoms with Gasteiger partial charge in [-0.15, -0.1) is 0 Å². The summed E-state index contributed by atoms with van der Waals surface area (Å²) in [6, 6.07) is 21.5. The van der Waals surface area contributed by atoms with Gasteiger partial charge in [-0.05, 0) is 37.3 Å². The molecule has 1 aliphatic rings. The molecule has 4 nitrogen and oxygen atoms in total. The van der Waals surface area contributed by atoms with Crippen molar-refractivity contribution in [1.82, 2.24) is 5.32 Å². The van der Waals surface area contributed by atoms with E-state index >= 15 is 0 Å². The van der Waals surface area contributed by atoms with Crippen molar-refractivity contribution in [3.63, 3.8) is 0 Å². The third-order valence-corrected chi connectivity index (χ3v) is 5.46. The summed E-state index contributed by atoms with van der Waals surface area (Å²) < 4.78 is 5.40. The lowest BCUT2D eigenvalue weighted by atomic mass is 9.97. The number of nitrogens with one attached hydrogen (secondary N) is 1. The molecule has 0 aromatic heterocycles. The Kier molecular flexibility index (Phi) is 5.47. The van der Waals surface area contributed by atoms with E-state index < -0.39 is 0 Å². The molecule has 148 valence electrons. The molecule has 2 unspecified atom stereocenters. The van der Waals surface area contributed by atoms with Crippen molar-refractivity contribution >= 4 is 17.3 Å². The van der Waals surface area contributed by atoms with Crippen LogP contribution in [0, 0.1) is 6.92 Å². The number of hydrogen-bond donors (Lipinski definition) is 3. The van der Waals surface area contributed by atoms with Crippen molar-refractivity contribution in [3.05, 3.63) is 100 Å². The van der Waals surface area contributed by atoms with Gasteiger partial charge in [0.2, 0.25) is 0 Å². The second kappa shape index (κ2) is 8.19. The Morgan fingerprint density at radius 3 is 2.59 bits per heavy atom. The summed E-state index contributed by atoms with van der Waals surface area (Å²) in [6.07, 6.45) is 2.11. The molecule has 4 rings (SSSR count). The molecule has 0 fully saturated rings. The third kappa shape index (κ3) is 4.24. The number of methoxy groups -OCH3 is 1. The van der Waals surface area contributed by atoms with Crippen LogP contribution in [-0.2, 0) is 0 Å². The van der Waals surface area contributed by atoms with Crippen LogP contribution in [0.2, 0.25) is 5.02 Å². The summed E-state index contributed by atoms with van der Waals surface area (Å²) >= 11 is 6.22. The molecule has 0 bridgehead atoms. The highest BCUT2D eigenvalue weighted by Gasteiger charge is 2.29. The fraction of sp³-hybridized carbons (Fsp3) is 0.167. The molecule has 0 spiro atoms. The molecule has 2 atom stereocenters. The summed E-state index contributed by atoms with van der Waals surface area (Å²) in [5, 5.41) is 16.9. The molecule has 29 heavy (non-hydrogen) atoms. The van der Waals surface area contributed by atoms with Gasteiger partial charge in [0.25, 0.3) is 0 Å². The van der Waals surface area contributed by atoms with E-state index in [1.807, 2.05) is 30.3 Å². The van der Waals surface area contributed by atoms with E-state index in [1.54, 1.807) is 19.2 Å². The minimum atomic E-state index is -0.0949. The van der Waals surface area contributed by atoms with Gasteiger partial charge in [-0.2, -0.15) is 0 Å². The van der Waals surface area contributed by atoms with E-state index in [-0.39, 0.29) is 18.0 Å². The van der Waals surface area contributed by atoms with E-state index in [9.17, 15) is 5.11 Å². The fourth-order valence-corrected chi connectivity index (χ4v) is 3.81. The number of hydrogen-bond acceptors (Lipinski definition) is 3. The molecular weight excluding hydrogens is 384 g/mol. The van der Waals surface area contributed by atoms with E-state index in [0.29, 0.717) is 5.02 Å². The highest BCUT2D eigenvalue weighted by molar-refractivity contribution is 6.30. The Morgan fingerprint density at radius 1 is 1.03 bits per heavy atom. The van der Waals surface area contributed by atoms with Crippen LogP contribution in [0.15, 0.2) is 72.8 Å². The van der Waals surface area contributed by atoms with E-state index in [1.165, 1.54) is 5.56 Å². The van der Waals surface area contributed by atoms with Crippen LogP contribution in [0.25, 0.3) is 5.70 Å². The van der Waals surface area contributed by atoms with Gasteiger partial charge in [0, 0.05) is 27.9 Å². The van der Waals surface area contributed by atoms with E-state index in [4.69, 9.17) is 16.3 Å². The van der Waals surface area contributed by atoms with Crippen LogP contribution in [-0.4, -0.2) is 12.2 Å². The van der Waals surface area contributed by atoms with Gasteiger partial charge in [-0.25, -0.2) is 0 Å². The number of halogens is 1. The van der Waals surface area contributed by atoms with Gasteiger partial charge in [-0.3, -0.25) is 0 Å². The Hall–Kier alpha value is -2.95. The maximum absolute atomic E-state index is 10.5. The van der Waals surface area contributed by atoms with Crippen LogP contribution < -0.4 is 15.4 Å². The van der Waals surface area contributed by atoms with Crippen molar-refractivity contribution < 1.29 is 15.2 Å². The molecule has 0 saturated heterocycles. The first-order chi connectivity index (χ1) is 14.0. The molecule has 0 radical (unpaired) electrons. The van der Waals surface area contributed by atoms with Gasteiger partial charge >= 0.3 is 0 Å². The van der Waals surface area contributed by atoms with Crippen molar-refractivity contribution in [2.75, 3.05) is 7.11 Å². The van der Waals surface area contributed by atoms with Crippen molar-refractivity contribution in [2.45, 2.75) is 19.1 Å². The number of rotatable bonds is 4. The molecule has 3 aromatic carbocycles. The van der Waals surface area contributed by atoms with Crippen LogP contribution in [0.3, 0.4) is 0 Å². The molecule has 5 heteroatoms. The first-order valence-electron chi connectivity index (χ1n) is 9.56. The molecule has 1 heterocycles. The number of nitrogens with two attached hydrogens (primary N) is 1. The number of aryl methyl sites for hydroxylation is 1. The quantitative estimate of drug-likeness (QED) is 0.604. The average Bonchev–Trinajstić information content (AvgIpc) is 2.75. The number of ether oxygens (including phenoxy) is 1. The van der Waals surface area contributed by atoms with Gasteiger partial charge in [0.15, 0.2) is 6.17 Å². The molecular formula is C24H24ClN2O2+. The van der Waals surface area contributed by atoms with Gasteiger partial charge in [-0.1, -0.05) is 53.6 Å². The Morgan fingerprint density at radius 2 is 1.83 bits per heavy atom. The smallest absolute Gasteiger partial charge is 0.186 e. The highest BCUT2D eigenvalue weighted by atomic mass is 35.5. The Labute approximate surface area is 175 Å². The number of phenolic OH excluding ortho intramolecular Hbond substituents is 1. The standard InChI is InChI=1S/C24H23ClN2O2/c1-15-6-8-16(9-7-15)24-26-21(17-4-3-5-19(12-17)29-2)14-22(27-24)20-13-18(25)10-11-23(20)28/h3-14,22,24,26-28H,1-2H3/p+1. The zero-order valence-corrected chi connectivity index (χ0v) is 17.1. The summed E-state index contributed by atoms with van der Waals surface area (Å²) in [7, 11) is 1.66. The Bertz CT molecular complexity index is 1050. The zero-order valence-electron chi connectivity index (χ0n) is 16.4.